The smallest absolute Gasteiger partial charge is 0.237 e. The average Bonchev–Trinajstić information content (AvgIpc) is 2.67. The molecule has 158 valence electrons. The number of anilines is 1. The average molecular weight is 439 g/mol. The summed E-state index contributed by atoms with van der Waals surface area (Å²) in [6, 6.07) is 12.3. The summed E-state index contributed by atoms with van der Waals surface area (Å²) >= 11 is 0. The van der Waals surface area contributed by atoms with Gasteiger partial charge < -0.3 is 4.74 Å². The summed E-state index contributed by atoms with van der Waals surface area (Å²) < 4.78 is 59.3. The van der Waals surface area contributed by atoms with Gasteiger partial charge in [0, 0.05) is 24.3 Å². The molecule has 1 aliphatic heterocycles. The molecule has 0 amide bonds. The van der Waals surface area contributed by atoms with Crippen LogP contribution in [0.25, 0.3) is 0 Å². The Kier molecular flexibility index (Phi) is 6.50. The van der Waals surface area contributed by atoms with Crippen molar-refractivity contribution in [2.45, 2.75) is 32.1 Å². The molecule has 2 aromatic carbocycles. The van der Waals surface area contributed by atoms with Crippen LogP contribution in [0, 0.1) is 0 Å². The fourth-order valence-corrected chi connectivity index (χ4v) is 6.15. The lowest BCUT2D eigenvalue weighted by Gasteiger charge is -2.28. The molecule has 0 aromatic heterocycles. The minimum absolute atomic E-state index is 0.119. The van der Waals surface area contributed by atoms with Gasteiger partial charge in [-0.15, -0.1) is 0 Å². The minimum Gasteiger partial charge on any atom is -0.496 e. The van der Waals surface area contributed by atoms with Crippen LogP contribution in [0.2, 0.25) is 0 Å². The van der Waals surface area contributed by atoms with Crippen molar-refractivity contribution in [3.63, 3.8) is 0 Å². The largest absolute Gasteiger partial charge is 0.496 e. The maximum absolute atomic E-state index is 12.6. The lowest BCUT2D eigenvalue weighted by Crippen LogP contribution is -2.37. The summed E-state index contributed by atoms with van der Waals surface area (Å²) in [6.07, 6.45) is 1.18. The van der Waals surface area contributed by atoms with E-state index >= 15 is 0 Å². The zero-order valence-corrected chi connectivity index (χ0v) is 18.2. The van der Waals surface area contributed by atoms with Gasteiger partial charge in [-0.05, 0) is 42.2 Å². The summed E-state index contributed by atoms with van der Waals surface area (Å²) in [7, 11) is -5.45. The Morgan fingerprint density at radius 2 is 1.83 bits per heavy atom. The standard InChI is InChI=1S/C20H26N2O5S2/c1-3-12-29(25,26)22-11-10-16-8-9-19(13-18(16)14-22)21-28(23,24)15-17-6-4-5-7-20(17)27-2/h4-9,13,21H,3,10-12,14-15H2,1-2H3. The normalized spacial score (nSPS) is 15.0. The Morgan fingerprint density at radius 1 is 1.07 bits per heavy atom. The Bertz CT molecular complexity index is 1080. The molecule has 2 aromatic rings. The molecule has 0 bridgehead atoms. The molecule has 7 nitrogen and oxygen atoms in total. The number of benzene rings is 2. The third kappa shape index (κ3) is 5.29. The third-order valence-corrected chi connectivity index (χ3v) is 8.11. The highest BCUT2D eigenvalue weighted by molar-refractivity contribution is 7.92. The number of nitrogens with one attached hydrogen (secondary N) is 1. The monoisotopic (exact) mass is 438 g/mol. The fraction of sp³-hybridized carbons (Fsp3) is 0.400. The topological polar surface area (TPSA) is 92.8 Å². The van der Waals surface area contributed by atoms with E-state index in [1.807, 2.05) is 13.0 Å². The van der Waals surface area contributed by atoms with Crippen LogP contribution in [-0.2, 0) is 38.8 Å². The number of hydrogen-bond donors (Lipinski definition) is 1. The highest BCUT2D eigenvalue weighted by Gasteiger charge is 2.26. The molecule has 0 radical (unpaired) electrons. The van der Waals surface area contributed by atoms with Crippen LogP contribution in [-0.4, -0.2) is 40.5 Å². The van der Waals surface area contributed by atoms with Crippen molar-refractivity contribution in [3.05, 3.63) is 59.2 Å². The van der Waals surface area contributed by atoms with E-state index in [9.17, 15) is 16.8 Å². The first kappa shape index (κ1) is 21.6. The highest BCUT2D eigenvalue weighted by atomic mass is 32.2. The third-order valence-electron chi connectivity index (χ3n) is 4.85. The molecule has 3 rings (SSSR count). The van der Waals surface area contributed by atoms with E-state index in [1.165, 1.54) is 11.4 Å². The Labute approximate surface area is 172 Å². The molecule has 0 fully saturated rings. The van der Waals surface area contributed by atoms with Gasteiger partial charge in [0.2, 0.25) is 20.0 Å². The van der Waals surface area contributed by atoms with Gasteiger partial charge in [-0.1, -0.05) is 31.2 Å². The van der Waals surface area contributed by atoms with Crippen molar-refractivity contribution >= 4 is 25.7 Å². The quantitative estimate of drug-likeness (QED) is 0.684. The molecule has 0 spiro atoms. The number of fused-ring (bicyclic) bond motifs is 1. The SMILES string of the molecule is CCCS(=O)(=O)N1CCc2ccc(NS(=O)(=O)Cc3ccccc3OC)cc2C1. The summed E-state index contributed by atoms with van der Waals surface area (Å²) in [5.74, 6) is 0.415. The van der Waals surface area contributed by atoms with Crippen LogP contribution in [0.4, 0.5) is 5.69 Å². The van der Waals surface area contributed by atoms with Crippen LogP contribution in [0.5, 0.6) is 5.75 Å². The van der Waals surface area contributed by atoms with Gasteiger partial charge in [-0.2, -0.15) is 4.31 Å². The van der Waals surface area contributed by atoms with Gasteiger partial charge in [-0.25, -0.2) is 16.8 Å². The predicted molar refractivity (Wildman–Crippen MR) is 114 cm³/mol. The van der Waals surface area contributed by atoms with Crippen molar-refractivity contribution in [1.82, 2.24) is 4.31 Å². The lowest BCUT2D eigenvalue weighted by atomic mass is 10.0. The maximum Gasteiger partial charge on any atom is 0.237 e. The molecular formula is C20H26N2O5S2. The number of nitrogens with zero attached hydrogens (tertiary/aromatic N) is 1. The summed E-state index contributed by atoms with van der Waals surface area (Å²) in [6.45, 7) is 2.55. The Hall–Kier alpha value is -2.10. The summed E-state index contributed by atoms with van der Waals surface area (Å²) in [4.78, 5) is 0. The molecule has 1 aliphatic rings. The molecule has 0 saturated heterocycles. The van der Waals surface area contributed by atoms with E-state index in [4.69, 9.17) is 4.74 Å². The molecule has 0 aliphatic carbocycles. The number of sulfonamides is 2. The summed E-state index contributed by atoms with van der Waals surface area (Å²) in [5.41, 5.74) is 2.86. The number of rotatable bonds is 8. The van der Waals surface area contributed by atoms with Gasteiger partial charge in [-0.3, -0.25) is 4.72 Å². The number of methoxy groups -OCH3 is 1. The number of hydrogen-bond acceptors (Lipinski definition) is 5. The molecule has 1 heterocycles. The second-order valence-corrected chi connectivity index (χ2v) is 10.9. The van der Waals surface area contributed by atoms with E-state index in [1.54, 1.807) is 36.4 Å². The minimum atomic E-state index is -3.66. The van der Waals surface area contributed by atoms with Crippen molar-refractivity contribution in [2.24, 2.45) is 0 Å². The maximum atomic E-state index is 12.6. The van der Waals surface area contributed by atoms with Crippen molar-refractivity contribution in [1.29, 1.82) is 0 Å². The van der Waals surface area contributed by atoms with Crippen LogP contribution < -0.4 is 9.46 Å². The zero-order valence-electron chi connectivity index (χ0n) is 16.6. The van der Waals surface area contributed by atoms with Crippen molar-refractivity contribution in [2.75, 3.05) is 24.1 Å². The molecule has 1 N–H and O–H groups in total. The van der Waals surface area contributed by atoms with Gasteiger partial charge in [0.1, 0.15) is 5.75 Å². The first-order chi connectivity index (χ1) is 13.7. The molecule has 9 heteroatoms. The molecular weight excluding hydrogens is 412 g/mol. The van der Waals surface area contributed by atoms with Crippen LogP contribution >= 0.6 is 0 Å². The van der Waals surface area contributed by atoms with Crippen molar-refractivity contribution in [3.8, 4) is 5.75 Å². The Morgan fingerprint density at radius 3 is 2.55 bits per heavy atom. The Balaban J connectivity index is 1.78. The first-order valence-electron chi connectivity index (χ1n) is 9.46. The van der Waals surface area contributed by atoms with Crippen LogP contribution in [0.3, 0.4) is 0 Å². The highest BCUT2D eigenvalue weighted by Crippen LogP contribution is 2.26. The van der Waals surface area contributed by atoms with Crippen LogP contribution in [0.15, 0.2) is 42.5 Å². The molecule has 0 atom stereocenters. The van der Waals surface area contributed by atoms with Gasteiger partial charge in [0.25, 0.3) is 0 Å². The van der Waals surface area contributed by atoms with E-state index in [0.29, 0.717) is 36.4 Å². The first-order valence-corrected chi connectivity index (χ1v) is 12.7. The zero-order chi connectivity index (χ0) is 21.1. The van der Waals surface area contributed by atoms with Gasteiger partial charge in [0.15, 0.2) is 0 Å². The lowest BCUT2D eigenvalue weighted by molar-refractivity contribution is 0.391. The predicted octanol–water partition coefficient (Wildman–Crippen LogP) is 2.74. The van der Waals surface area contributed by atoms with Crippen molar-refractivity contribution < 1.29 is 21.6 Å². The second-order valence-electron chi connectivity index (χ2n) is 7.06. The van der Waals surface area contributed by atoms with E-state index in [0.717, 1.165) is 11.1 Å². The number of ether oxygens (including phenoxy) is 1. The van der Waals surface area contributed by atoms with E-state index < -0.39 is 20.0 Å². The summed E-state index contributed by atoms with van der Waals surface area (Å²) in [5, 5.41) is 0. The van der Waals surface area contributed by atoms with E-state index in [-0.39, 0.29) is 18.1 Å². The molecule has 29 heavy (non-hydrogen) atoms. The van der Waals surface area contributed by atoms with Gasteiger partial charge in [0.05, 0.1) is 18.6 Å². The van der Waals surface area contributed by atoms with E-state index in [2.05, 4.69) is 4.72 Å². The molecule has 0 saturated carbocycles. The second kappa shape index (κ2) is 8.73. The molecule has 0 unspecified atom stereocenters. The fourth-order valence-electron chi connectivity index (χ4n) is 3.46. The number of para-hydroxylation sites is 1. The van der Waals surface area contributed by atoms with Crippen LogP contribution in [0.1, 0.15) is 30.0 Å². The van der Waals surface area contributed by atoms with Gasteiger partial charge >= 0.3 is 0 Å².